The summed E-state index contributed by atoms with van der Waals surface area (Å²) in [5, 5.41) is 6.65. The van der Waals surface area contributed by atoms with Crippen molar-refractivity contribution < 1.29 is 0 Å². The Balaban J connectivity index is 2.12. The molecule has 0 saturated carbocycles. The second-order valence-corrected chi connectivity index (χ2v) is 7.35. The maximum atomic E-state index is 4.59. The van der Waals surface area contributed by atoms with Crippen LogP contribution in [0.4, 0.5) is 0 Å². The summed E-state index contributed by atoms with van der Waals surface area (Å²) in [5.74, 6) is 0. The van der Waals surface area contributed by atoms with E-state index in [1.807, 2.05) is 7.05 Å². The molecular weight excluding hydrogens is 264 g/mol. The van der Waals surface area contributed by atoms with Crippen LogP contribution < -0.4 is 5.32 Å². The van der Waals surface area contributed by atoms with Gasteiger partial charge in [-0.3, -0.25) is 0 Å². The molecule has 3 heteroatoms. The standard InChI is InChI=1S/C17H24N2S/c1-12-19-16(11-20-12)15(18-5)10-13-6-8-14(9-7-13)17(2,3)4/h6-9,11,15,18H,10H2,1-5H3. The van der Waals surface area contributed by atoms with Crippen LogP contribution >= 0.6 is 11.3 Å². The van der Waals surface area contributed by atoms with Crippen LogP contribution in [-0.4, -0.2) is 12.0 Å². The van der Waals surface area contributed by atoms with E-state index < -0.39 is 0 Å². The lowest BCUT2D eigenvalue weighted by molar-refractivity contribution is 0.574. The van der Waals surface area contributed by atoms with Crippen molar-refractivity contribution in [1.82, 2.24) is 10.3 Å². The molecule has 0 aliphatic heterocycles. The second-order valence-electron chi connectivity index (χ2n) is 6.28. The van der Waals surface area contributed by atoms with E-state index in [2.05, 4.69) is 67.6 Å². The summed E-state index contributed by atoms with van der Waals surface area (Å²) in [6.07, 6.45) is 0.976. The van der Waals surface area contributed by atoms with Gasteiger partial charge >= 0.3 is 0 Å². The number of nitrogens with one attached hydrogen (secondary N) is 1. The number of likely N-dealkylation sites (N-methyl/N-ethyl adjacent to an activating group) is 1. The van der Waals surface area contributed by atoms with Crippen molar-refractivity contribution in [2.45, 2.75) is 45.6 Å². The molecule has 0 amide bonds. The molecule has 0 aliphatic rings. The molecule has 1 N–H and O–H groups in total. The van der Waals surface area contributed by atoms with E-state index >= 15 is 0 Å². The van der Waals surface area contributed by atoms with Crippen molar-refractivity contribution in [3.05, 3.63) is 51.5 Å². The highest BCUT2D eigenvalue weighted by Crippen LogP contribution is 2.24. The Morgan fingerprint density at radius 2 is 1.85 bits per heavy atom. The van der Waals surface area contributed by atoms with Gasteiger partial charge in [-0.2, -0.15) is 0 Å². The van der Waals surface area contributed by atoms with Crippen molar-refractivity contribution in [3.63, 3.8) is 0 Å². The lowest BCUT2D eigenvalue weighted by Gasteiger charge is -2.20. The molecule has 0 radical (unpaired) electrons. The Kier molecular flexibility index (Phi) is 4.61. The molecule has 0 aliphatic carbocycles. The zero-order valence-corrected chi connectivity index (χ0v) is 13.8. The van der Waals surface area contributed by atoms with E-state index in [0.717, 1.165) is 17.1 Å². The number of hydrogen-bond donors (Lipinski definition) is 1. The first kappa shape index (κ1) is 15.2. The molecule has 0 bridgehead atoms. The summed E-state index contributed by atoms with van der Waals surface area (Å²) in [6, 6.07) is 9.26. The number of hydrogen-bond acceptors (Lipinski definition) is 3. The van der Waals surface area contributed by atoms with Crippen LogP contribution in [0.5, 0.6) is 0 Å². The number of aryl methyl sites for hydroxylation is 1. The molecule has 0 spiro atoms. The fourth-order valence-corrected chi connectivity index (χ4v) is 2.94. The van der Waals surface area contributed by atoms with Gasteiger partial charge in [0.1, 0.15) is 0 Å². The fraction of sp³-hybridized carbons (Fsp3) is 0.471. The Morgan fingerprint density at radius 3 is 2.30 bits per heavy atom. The molecule has 2 aromatic rings. The smallest absolute Gasteiger partial charge is 0.0898 e. The van der Waals surface area contributed by atoms with Gasteiger partial charge in [0.2, 0.25) is 0 Å². The van der Waals surface area contributed by atoms with E-state index in [-0.39, 0.29) is 5.41 Å². The summed E-state index contributed by atoms with van der Waals surface area (Å²) in [7, 11) is 2.00. The average molecular weight is 288 g/mol. The molecule has 1 aromatic carbocycles. The normalized spacial score (nSPS) is 13.4. The van der Waals surface area contributed by atoms with Crippen LogP contribution in [0.1, 0.15) is 48.6 Å². The van der Waals surface area contributed by atoms with Crippen LogP contribution in [0.15, 0.2) is 29.6 Å². The zero-order valence-electron chi connectivity index (χ0n) is 13.0. The summed E-state index contributed by atoms with van der Waals surface area (Å²) < 4.78 is 0. The highest BCUT2D eigenvalue weighted by molar-refractivity contribution is 7.09. The van der Waals surface area contributed by atoms with Crippen LogP contribution in [0, 0.1) is 6.92 Å². The second kappa shape index (κ2) is 6.06. The average Bonchev–Trinajstić information content (AvgIpc) is 2.82. The van der Waals surface area contributed by atoms with Crippen LogP contribution in [0.25, 0.3) is 0 Å². The lowest BCUT2D eigenvalue weighted by atomic mass is 9.86. The Morgan fingerprint density at radius 1 is 1.20 bits per heavy atom. The van der Waals surface area contributed by atoms with Gasteiger partial charge in [-0.15, -0.1) is 11.3 Å². The van der Waals surface area contributed by atoms with Gasteiger partial charge in [-0.05, 0) is 36.9 Å². The minimum Gasteiger partial charge on any atom is -0.311 e. The van der Waals surface area contributed by atoms with Gasteiger partial charge in [0.15, 0.2) is 0 Å². The first-order chi connectivity index (χ1) is 9.40. The molecule has 1 heterocycles. The summed E-state index contributed by atoms with van der Waals surface area (Å²) >= 11 is 1.71. The minimum absolute atomic E-state index is 0.215. The Bertz CT molecular complexity index is 549. The predicted octanol–water partition coefficient (Wildman–Crippen LogP) is 4.25. The maximum absolute atomic E-state index is 4.59. The quantitative estimate of drug-likeness (QED) is 0.909. The maximum Gasteiger partial charge on any atom is 0.0898 e. The van der Waals surface area contributed by atoms with Gasteiger partial charge in [0.05, 0.1) is 16.7 Å². The molecular formula is C17H24N2S. The number of thiazole rings is 1. The highest BCUT2D eigenvalue weighted by Gasteiger charge is 2.15. The third-order valence-electron chi connectivity index (χ3n) is 3.60. The van der Waals surface area contributed by atoms with Crippen molar-refractivity contribution >= 4 is 11.3 Å². The molecule has 1 aromatic heterocycles. The zero-order chi connectivity index (χ0) is 14.8. The Labute approximate surface area is 126 Å². The van der Waals surface area contributed by atoms with E-state index in [0.29, 0.717) is 6.04 Å². The molecule has 0 saturated heterocycles. The van der Waals surface area contributed by atoms with E-state index in [9.17, 15) is 0 Å². The van der Waals surface area contributed by atoms with Gasteiger partial charge in [0, 0.05) is 5.38 Å². The first-order valence-electron chi connectivity index (χ1n) is 7.09. The molecule has 108 valence electrons. The van der Waals surface area contributed by atoms with Gasteiger partial charge < -0.3 is 5.32 Å². The van der Waals surface area contributed by atoms with Gasteiger partial charge in [0.25, 0.3) is 0 Å². The SMILES string of the molecule is CNC(Cc1ccc(C(C)(C)C)cc1)c1csc(C)n1. The van der Waals surface area contributed by atoms with E-state index in [4.69, 9.17) is 0 Å². The molecule has 20 heavy (non-hydrogen) atoms. The third kappa shape index (κ3) is 3.68. The van der Waals surface area contributed by atoms with Crippen molar-refractivity contribution in [1.29, 1.82) is 0 Å². The van der Waals surface area contributed by atoms with E-state index in [1.54, 1.807) is 11.3 Å². The molecule has 1 unspecified atom stereocenters. The third-order valence-corrected chi connectivity index (χ3v) is 4.39. The highest BCUT2D eigenvalue weighted by atomic mass is 32.1. The summed E-state index contributed by atoms with van der Waals surface area (Å²) in [5.41, 5.74) is 4.09. The van der Waals surface area contributed by atoms with Gasteiger partial charge in [-0.1, -0.05) is 45.0 Å². The summed E-state index contributed by atoms with van der Waals surface area (Å²) in [4.78, 5) is 4.59. The predicted molar refractivity (Wildman–Crippen MR) is 87.5 cm³/mol. The molecule has 1 atom stereocenters. The fourth-order valence-electron chi connectivity index (χ4n) is 2.27. The van der Waals surface area contributed by atoms with Crippen LogP contribution in [-0.2, 0) is 11.8 Å². The largest absolute Gasteiger partial charge is 0.311 e. The minimum atomic E-state index is 0.215. The number of rotatable bonds is 4. The van der Waals surface area contributed by atoms with Crippen molar-refractivity contribution in [2.75, 3.05) is 7.05 Å². The Hall–Kier alpha value is -1.19. The molecule has 0 fully saturated rings. The van der Waals surface area contributed by atoms with Crippen LogP contribution in [0.3, 0.4) is 0 Å². The van der Waals surface area contributed by atoms with Crippen molar-refractivity contribution in [3.8, 4) is 0 Å². The first-order valence-corrected chi connectivity index (χ1v) is 7.97. The molecule has 2 rings (SSSR count). The van der Waals surface area contributed by atoms with E-state index in [1.165, 1.54) is 11.1 Å². The number of benzene rings is 1. The van der Waals surface area contributed by atoms with Gasteiger partial charge in [-0.25, -0.2) is 4.98 Å². The lowest BCUT2D eigenvalue weighted by Crippen LogP contribution is -2.19. The number of nitrogens with zero attached hydrogens (tertiary/aromatic N) is 1. The molecule has 2 nitrogen and oxygen atoms in total. The van der Waals surface area contributed by atoms with Crippen LogP contribution in [0.2, 0.25) is 0 Å². The van der Waals surface area contributed by atoms with Crippen molar-refractivity contribution in [2.24, 2.45) is 0 Å². The monoisotopic (exact) mass is 288 g/mol. The topological polar surface area (TPSA) is 24.9 Å². The number of aromatic nitrogens is 1. The summed E-state index contributed by atoms with van der Waals surface area (Å²) in [6.45, 7) is 8.79.